The van der Waals surface area contributed by atoms with Crippen molar-refractivity contribution in [2.45, 2.75) is 77.8 Å². The number of hydrogen-bond donors (Lipinski definition) is 3. The molecule has 306 valence electrons. The van der Waals surface area contributed by atoms with E-state index in [0.29, 0.717) is 17.9 Å². The number of piperazine rings is 1. The Morgan fingerprint density at radius 3 is 2.48 bits per heavy atom. The molecule has 5 aromatic rings. The molecule has 4 aliphatic rings. The van der Waals surface area contributed by atoms with Crippen molar-refractivity contribution in [1.29, 1.82) is 0 Å². The molecular weight excluding hydrogens is 733 g/mol. The molecule has 2 atom stereocenters. The third-order valence-corrected chi connectivity index (χ3v) is 13.6. The second kappa shape index (κ2) is 14.9. The number of H-pyrrole nitrogens is 2. The van der Waals surface area contributed by atoms with E-state index in [-0.39, 0.29) is 35.4 Å². The Morgan fingerprint density at radius 2 is 1.72 bits per heavy atom. The number of benzene rings is 2. The summed E-state index contributed by atoms with van der Waals surface area (Å²) in [7, 11) is 3.62. The number of aryl methyl sites for hydroxylation is 1. The van der Waals surface area contributed by atoms with E-state index in [0.717, 1.165) is 117 Å². The van der Waals surface area contributed by atoms with E-state index in [4.69, 9.17) is 5.10 Å². The van der Waals surface area contributed by atoms with Crippen molar-refractivity contribution in [2.24, 2.45) is 18.4 Å². The molecule has 3 aliphatic heterocycles. The summed E-state index contributed by atoms with van der Waals surface area (Å²) in [5, 5.41) is 11.5. The predicted molar refractivity (Wildman–Crippen MR) is 226 cm³/mol. The van der Waals surface area contributed by atoms with Crippen LogP contribution in [0.2, 0.25) is 0 Å². The standard InChI is InChI=1S/C44H56N10O4/c1-27(42(57)49(4)30-7-6-29-22-34(45-33(29)23-30)40-32-12-15-44(2,3)25-35(32)47-48-40)52-20-18-51(19-21-52)26-28-13-16-53(17-14-28)31-8-9-36-38(24-31)50(5)43(58)54(36)37-10-11-39(55)46-41(37)56/h6-9,22-24,27-28,37,45H,10-21,25-26H2,1-5H3,(H,47,48)(H,46,55,56). The van der Waals surface area contributed by atoms with Gasteiger partial charge in [-0.15, -0.1) is 0 Å². The molecule has 3 aromatic heterocycles. The van der Waals surface area contributed by atoms with Gasteiger partial charge in [0.15, 0.2) is 0 Å². The highest BCUT2D eigenvalue weighted by Gasteiger charge is 2.33. The lowest BCUT2D eigenvalue weighted by Gasteiger charge is -2.41. The summed E-state index contributed by atoms with van der Waals surface area (Å²) in [6.07, 6.45) is 5.91. The minimum atomic E-state index is -0.685. The van der Waals surface area contributed by atoms with Gasteiger partial charge in [-0.3, -0.25) is 38.8 Å². The van der Waals surface area contributed by atoms with Crippen molar-refractivity contribution >= 4 is 51.0 Å². The zero-order valence-electron chi connectivity index (χ0n) is 34.4. The Labute approximate surface area is 338 Å². The first-order valence-corrected chi connectivity index (χ1v) is 21.1. The number of piperidine rings is 2. The second-order valence-electron chi connectivity index (χ2n) is 18.0. The Morgan fingerprint density at radius 1 is 0.948 bits per heavy atom. The molecule has 3 amide bonds. The first kappa shape index (κ1) is 38.3. The van der Waals surface area contributed by atoms with Crippen molar-refractivity contribution in [3.63, 3.8) is 0 Å². The number of amides is 3. The Balaban J connectivity index is 0.768. The summed E-state index contributed by atoms with van der Waals surface area (Å²) in [5.74, 6) is -0.0125. The maximum Gasteiger partial charge on any atom is 0.329 e. The van der Waals surface area contributed by atoms with Gasteiger partial charge in [0.25, 0.3) is 0 Å². The number of fused-ring (bicyclic) bond motifs is 3. The summed E-state index contributed by atoms with van der Waals surface area (Å²) in [4.78, 5) is 64.1. The summed E-state index contributed by atoms with van der Waals surface area (Å²) >= 11 is 0. The Hall–Kier alpha value is -5.21. The van der Waals surface area contributed by atoms with E-state index < -0.39 is 11.9 Å². The second-order valence-corrected chi connectivity index (χ2v) is 18.0. The molecule has 6 heterocycles. The molecule has 1 aliphatic carbocycles. The van der Waals surface area contributed by atoms with E-state index >= 15 is 0 Å². The number of nitrogens with one attached hydrogen (secondary N) is 3. The number of carbonyl (C=O) groups excluding carboxylic acids is 3. The number of imidazole rings is 1. The molecular formula is C44H56N10O4. The summed E-state index contributed by atoms with van der Waals surface area (Å²) in [5.41, 5.74) is 9.09. The highest BCUT2D eigenvalue weighted by molar-refractivity contribution is 6.00. The van der Waals surface area contributed by atoms with Crippen molar-refractivity contribution in [1.82, 2.24) is 39.4 Å². The van der Waals surface area contributed by atoms with E-state index in [9.17, 15) is 19.2 Å². The quantitative estimate of drug-likeness (QED) is 0.194. The fourth-order valence-electron chi connectivity index (χ4n) is 9.94. The lowest BCUT2D eigenvalue weighted by Crippen LogP contribution is -2.55. The number of hydrogen-bond acceptors (Lipinski definition) is 8. The van der Waals surface area contributed by atoms with Gasteiger partial charge in [0.05, 0.1) is 22.8 Å². The average Bonchev–Trinajstić information content (AvgIpc) is 3.90. The smallest absolute Gasteiger partial charge is 0.329 e. The van der Waals surface area contributed by atoms with Gasteiger partial charge in [-0.05, 0) is 93.2 Å². The van der Waals surface area contributed by atoms with Crippen LogP contribution in [0.5, 0.6) is 0 Å². The van der Waals surface area contributed by atoms with Crippen LogP contribution in [0.1, 0.15) is 70.2 Å². The molecule has 0 radical (unpaired) electrons. The third-order valence-electron chi connectivity index (χ3n) is 13.6. The normalized spacial score (nSPS) is 21.4. The number of aromatic amines is 2. The Kier molecular flexibility index (Phi) is 9.82. The van der Waals surface area contributed by atoms with Crippen molar-refractivity contribution in [2.75, 3.05) is 62.7 Å². The van der Waals surface area contributed by atoms with Gasteiger partial charge in [-0.25, -0.2) is 4.79 Å². The van der Waals surface area contributed by atoms with Gasteiger partial charge in [0, 0.05) is 99.9 Å². The zero-order valence-corrected chi connectivity index (χ0v) is 34.4. The zero-order chi connectivity index (χ0) is 40.5. The minimum Gasteiger partial charge on any atom is -0.371 e. The Bertz CT molecular complexity index is 2460. The number of nitrogens with zero attached hydrogens (tertiary/aromatic N) is 7. The van der Waals surface area contributed by atoms with Crippen LogP contribution in [0.3, 0.4) is 0 Å². The van der Waals surface area contributed by atoms with Crippen LogP contribution in [0.25, 0.3) is 33.3 Å². The number of imide groups is 1. The number of carbonyl (C=O) groups is 3. The first-order valence-electron chi connectivity index (χ1n) is 21.1. The molecule has 2 aromatic carbocycles. The molecule has 3 fully saturated rings. The van der Waals surface area contributed by atoms with Gasteiger partial charge in [0.1, 0.15) is 11.7 Å². The minimum absolute atomic E-state index is 0.0988. The van der Waals surface area contributed by atoms with Crippen LogP contribution in [0.4, 0.5) is 11.4 Å². The molecule has 14 nitrogen and oxygen atoms in total. The van der Waals surface area contributed by atoms with Crippen LogP contribution in [0, 0.1) is 11.3 Å². The van der Waals surface area contributed by atoms with Gasteiger partial charge >= 0.3 is 5.69 Å². The third kappa shape index (κ3) is 7.03. The highest BCUT2D eigenvalue weighted by Crippen LogP contribution is 2.38. The molecule has 2 unspecified atom stereocenters. The topological polar surface area (TPSA) is 148 Å². The van der Waals surface area contributed by atoms with Gasteiger partial charge in [0.2, 0.25) is 17.7 Å². The van der Waals surface area contributed by atoms with Crippen LogP contribution in [0.15, 0.2) is 47.3 Å². The molecule has 58 heavy (non-hydrogen) atoms. The maximum atomic E-state index is 13.8. The molecule has 3 saturated heterocycles. The molecule has 0 bridgehead atoms. The maximum absolute atomic E-state index is 13.8. The summed E-state index contributed by atoms with van der Waals surface area (Å²) in [6, 6.07) is 13.5. The van der Waals surface area contributed by atoms with Gasteiger partial charge in [-0.2, -0.15) is 5.10 Å². The highest BCUT2D eigenvalue weighted by atomic mass is 16.2. The van der Waals surface area contributed by atoms with E-state index in [1.165, 1.54) is 15.8 Å². The van der Waals surface area contributed by atoms with Crippen molar-refractivity contribution in [3.05, 3.63) is 64.2 Å². The largest absolute Gasteiger partial charge is 0.371 e. The fourth-order valence-corrected chi connectivity index (χ4v) is 9.94. The van der Waals surface area contributed by atoms with Crippen LogP contribution < -0.4 is 20.8 Å². The average molecular weight is 789 g/mol. The monoisotopic (exact) mass is 788 g/mol. The van der Waals surface area contributed by atoms with Crippen LogP contribution in [-0.4, -0.2) is 111 Å². The van der Waals surface area contributed by atoms with E-state index in [1.807, 2.05) is 32.2 Å². The molecule has 3 N–H and O–H groups in total. The number of likely N-dealkylation sites (N-methyl/N-ethyl adjacent to an activating group) is 1. The SMILES string of the molecule is CC(C(=O)N(C)c1ccc2cc(-c3n[nH]c4c3CCC(C)(C)C4)[nH]c2c1)N1CCN(CC2CCN(c3ccc4c(c3)n(C)c(=O)n4C3CCC(=O)NC3=O)CC2)CC1. The number of anilines is 2. The molecule has 14 heteroatoms. The lowest BCUT2D eigenvalue weighted by atomic mass is 9.76. The van der Waals surface area contributed by atoms with Crippen molar-refractivity contribution < 1.29 is 14.4 Å². The van der Waals surface area contributed by atoms with Crippen molar-refractivity contribution in [3.8, 4) is 11.4 Å². The van der Waals surface area contributed by atoms with Gasteiger partial charge < -0.3 is 19.7 Å². The van der Waals surface area contributed by atoms with E-state index in [1.54, 1.807) is 16.5 Å². The first-order chi connectivity index (χ1) is 27.8. The predicted octanol–water partition coefficient (Wildman–Crippen LogP) is 4.59. The molecule has 0 saturated carbocycles. The fraction of sp³-hybridized carbons (Fsp3) is 0.523. The van der Waals surface area contributed by atoms with Gasteiger partial charge in [-0.1, -0.05) is 19.9 Å². The summed E-state index contributed by atoms with van der Waals surface area (Å²) in [6.45, 7) is 13.2. The number of rotatable bonds is 8. The van der Waals surface area contributed by atoms with Crippen LogP contribution >= 0.6 is 0 Å². The summed E-state index contributed by atoms with van der Waals surface area (Å²) < 4.78 is 3.14. The number of aromatic nitrogens is 5. The van der Waals surface area contributed by atoms with Crippen LogP contribution in [-0.2, 0) is 34.3 Å². The molecule has 9 rings (SSSR count). The molecule has 0 spiro atoms. The lowest BCUT2D eigenvalue weighted by molar-refractivity contribution is -0.135. The van der Waals surface area contributed by atoms with E-state index in [2.05, 4.69) is 68.2 Å².